The normalized spacial score (nSPS) is 18.8. The summed E-state index contributed by atoms with van der Waals surface area (Å²) in [4.78, 5) is 25.3. The Morgan fingerprint density at radius 3 is 2.71 bits per heavy atom. The predicted octanol–water partition coefficient (Wildman–Crippen LogP) is 2.03. The molecule has 1 aliphatic heterocycles. The summed E-state index contributed by atoms with van der Waals surface area (Å²) in [5, 5.41) is 5.56. The van der Waals surface area contributed by atoms with Crippen LogP contribution in [0.4, 0.5) is 14.9 Å². The van der Waals surface area contributed by atoms with Crippen LogP contribution < -0.4 is 15.5 Å². The van der Waals surface area contributed by atoms with Gasteiger partial charge < -0.3 is 15.5 Å². The van der Waals surface area contributed by atoms with E-state index < -0.39 is 0 Å². The van der Waals surface area contributed by atoms with E-state index in [0.717, 1.165) is 0 Å². The summed E-state index contributed by atoms with van der Waals surface area (Å²) >= 11 is 0. The summed E-state index contributed by atoms with van der Waals surface area (Å²) in [6.45, 7) is 5.99. The fraction of sp³-hybridized carbons (Fsp3) is 0.467. The molecule has 5 nitrogen and oxygen atoms in total. The molecule has 1 aliphatic rings. The highest BCUT2D eigenvalue weighted by atomic mass is 19.1. The number of carbonyl (C=O) groups is 2. The molecular weight excluding hydrogens is 273 g/mol. The highest BCUT2D eigenvalue weighted by Crippen LogP contribution is 2.22. The van der Waals surface area contributed by atoms with Gasteiger partial charge in [-0.15, -0.1) is 0 Å². The molecular formula is C15H20FN3O2. The maximum Gasteiger partial charge on any atom is 0.315 e. The molecule has 114 valence electrons. The largest absolute Gasteiger partial charge is 0.334 e. The van der Waals surface area contributed by atoms with E-state index in [1.54, 1.807) is 12.1 Å². The van der Waals surface area contributed by atoms with Crippen LogP contribution in [-0.2, 0) is 4.79 Å². The minimum Gasteiger partial charge on any atom is -0.334 e. The summed E-state index contributed by atoms with van der Waals surface area (Å²) in [6, 6.07) is 5.31. The van der Waals surface area contributed by atoms with Crippen LogP contribution in [0.3, 0.4) is 0 Å². The van der Waals surface area contributed by atoms with Crippen LogP contribution in [0.1, 0.15) is 27.2 Å². The molecule has 1 atom stereocenters. The van der Waals surface area contributed by atoms with Gasteiger partial charge in [0.15, 0.2) is 0 Å². The number of benzene rings is 1. The maximum atomic E-state index is 13.2. The van der Waals surface area contributed by atoms with Crippen molar-refractivity contribution in [1.29, 1.82) is 0 Å². The van der Waals surface area contributed by atoms with Crippen LogP contribution in [0.2, 0.25) is 0 Å². The molecule has 0 bridgehead atoms. The molecule has 3 amide bonds. The van der Waals surface area contributed by atoms with E-state index >= 15 is 0 Å². The first-order chi connectivity index (χ1) is 9.74. The lowest BCUT2D eigenvalue weighted by atomic mass is 10.1. The second-order valence-electron chi connectivity index (χ2n) is 6.23. The van der Waals surface area contributed by atoms with Gasteiger partial charge in [-0.25, -0.2) is 9.18 Å². The number of nitrogens with one attached hydrogen (secondary N) is 2. The van der Waals surface area contributed by atoms with Crippen LogP contribution in [0.5, 0.6) is 0 Å². The van der Waals surface area contributed by atoms with Gasteiger partial charge in [0, 0.05) is 24.2 Å². The third-order valence-electron chi connectivity index (χ3n) is 3.07. The van der Waals surface area contributed by atoms with Crippen LogP contribution in [0, 0.1) is 5.82 Å². The fourth-order valence-electron chi connectivity index (χ4n) is 2.26. The zero-order valence-electron chi connectivity index (χ0n) is 12.4. The number of hydrogen-bond acceptors (Lipinski definition) is 2. The molecule has 0 aromatic heterocycles. The Morgan fingerprint density at radius 2 is 2.10 bits per heavy atom. The number of halogens is 1. The van der Waals surface area contributed by atoms with Crippen LogP contribution in [0.15, 0.2) is 24.3 Å². The zero-order chi connectivity index (χ0) is 15.6. The quantitative estimate of drug-likeness (QED) is 0.876. The SMILES string of the molecule is CC(C)(C)NC(=O)N[C@H]1CC(=O)N(c2cccc(F)c2)C1. The predicted molar refractivity (Wildman–Crippen MR) is 78.6 cm³/mol. The molecule has 2 rings (SSSR count). The Labute approximate surface area is 123 Å². The third kappa shape index (κ3) is 4.18. The molecule has 0 saturated carbocycles. The van der Waals surface area contributed by atoms with E-state index in [1.165, 1.54) is 17.0 Å². The summed E-state index contributed by atoms with van der Waals surface area (Å²) in [6.07, 6.45) is 0.216. The van der Waals surface area contributed by atoms with Crippen LogP contribution in [-0.4, -0.2) is 30.1 Å². The molecule has 1 saturated heterocycles. The van der Waals surface area contributed by atoms with Crippen molar-refractivity contribution < 1.29 is 14.0 Å². The van der Waals surface area contributed by atoms with Gasteiger partial charge >= 0.3 is 6.03 Å². The van der Waals surface area contributed by atoms with Crippen LogP contribution in [0.25, 0.3) is 0 Å². The maximum absolute atomic E-state index is 13.2. The van der Waals surface area contributed by atoms with Gasteiger partial charge in [-0.3, -0.25) is 4.79 Å². The molecule has 1 aromatic rings. The Kier molecular flexibility index (Phi) is 4.16. The monoisotopic (exact) mass is 293 g/mol. The molecule has 2 N–H and O–H groups in total. The van der Waals surface area contributed by atoms with Gasteiger partial charge in [-0.1, -0.05) is 6.07 Å². The van der Waals surface area contributed by atoms with E-state index in [9.17, 15) is 14.0 Å². The smallest absolute Gasteiger partial charge is 0.315 e. The lowest BCUT2D eigenvalue weighted by Crippen LogP contribution is -2.50. The van der Waals surface area contributed by atoms with Gasteiger partial charge in [0.1, 0.15) is 5.82 Å². The minimum absolute atomic E-state index is 0.123. The topological polar surface area (TPSA) is 61.4 Å². The first-order valence-corrected chi connectivity index (χ1v) is 6.89. The van der Waals surface area contributed by atoms with E-state index in [2.05, 4.69) is 10.6 Å². The van der Waals surface area contributed by atoms with Gasteiger partial charge in [-0.2, -0.15) is 0 Å². The zero-order valence-corrected chi connectivity index (χ0v) is 12.4. The van der Waals surface area contributed by atoms with Gasteiger partial charge in [0.05, 0.1) is 6.04 Å². The van der Waals surface area contributed by atoms with E-state index in [1.807, 2.05) is 20.8 Å². The molecule has 6 heteroatoms. The van der Waals surface area contributed by atoms with Crippen molar-refractivity contribution in [2.75, 3.05) is 11.4 Å². The number of rotatable bonds is 2. The summed E-state index contributed by atoms with van der Waals surface area (Å²) in [7, 11) is 0. The fourth-order valence-corrected chi connectivity index (χ4v) is 2.26. The third-order valence-corrected chi connectivity index (χ3v) is 3.07. The molecule has 1 heterocycles. The summed E-state index contributed by atoms with van der Waals surface area (Å²) < 4.78 is 13.2. The second kappa shape index (κ2) is 5.71. The van der Waals surface area contributed by atoms with Gasteiger partial charge in [0.2, 0.25) is 5.91 Å². The van der Waals surface area contributed by atoms with E-state index in [4.69, 9.17) is 0 Å². The molecule has 0 unspecified atom stereocenters. The number of hydrogen-bond donors (Lipinski definition) is 2. The van der Waals surface area contributed by atoms with Gasteiger partial charge in [-0.05, 0) is 39.0 Å². The van der Waals surface area contributed by atoms with Crippen molar-refractivity contribution in [1.82, 2.24) is 10.6 Å². The minimum atomic E-state index is -0.387. The van der Waals surface area contributed by atoms with E-state index in [0.29, 0.717) is 12.2 Å². The molecule has 1 aromatic carbocycles. The highest BCUT2D eigenvalue weighted by molar-refractivity contribution is 5.96. The number of carbonyl (C=O) groups excluding carboxylic acids is 2. The Bertz CT molecular complexity index is 554. The first kappa shape index (κ1) is 15.3. The summed E-state index contributed by atoms with van der Waals surface area (Å²) in [5.74, 6) is -0.510. The van der Waals surface area contributed by atoms with Crippen molar-refractivity contribution in [2.24, 2.45) is 0 Å². The lowest BCUT2D eigenvalue weighted by molar-refractivity contribution is -0.117. The average molecular weight is 293 g/mol. The molecule has 1 fully saturated rings. The van der Waals surface area contributed by atoms with E-state index in [-0.39, 0.29) is 35.8 Å². The molecule has 0 radical (unpaired) electrons. The molecule has 0 spiro atoms. The molecule has 21 heavy (non-hydrogen) atoms. The first-order valence-electron chi connectivity index (χ1n) is 6.89. The standard InChI is InChI=1S/C15H20FN3O2/c1-15(2,3)18-14(21)17-11-8-13(20)19(9-11)12-6-4-5-10(16)7-12/h4-7,11H,8-9H2,1-3H3,(H2,17,18,21)/t11-/m0/s1. The van der Waals surface area contributed by atoms with Crippen molar-refractivity contribution in [3.8, 4) is 0 Å². The van der Waals surface area contributed by atoms with Crippen molar-refractivity contribution in [3.05, 3.63) is 30.1 Å². The Balaban J connectivity index is 1.98. The number of nitrogens with zero attached hydrogens (tertiary/aromatic N) is 1. The second-order valence-corrected chi connectivity index (χ2v) is 6.23. The van der Waals surface area contributed by atoms with Crippen molar-refractivity contribution in [2.45, 2.75) is 38.8 Å². The highest BCUT2D eigenvalue weighted by Gasteiger charge is 2.32. The Morgan fingerprint density at radius 1 is 1.38 bits per heavy atom. The molecule has 0 aliphatic carbocycles. The van der Waals surface area contributed by atoms with Gasteiger partial charge in [0.25, 0.3) is 0 Å². The number of anilines is 1. The Hall–Kier alpha value is -2.11. The average Bonchev–Trinajstić information content (AvgIpc) is 2.67. The lowest BCUT2D eigenvalue weighted by Gasteiger charge is -2.22. The summed E-state index contributed by atoms with van der Waals surface area (Å²) in [5.41, 5.74) is 0.176. The van der Waals surface area contributed by atoms with Crippen LogP contribution >= 0.6 is 0 Å². The van der Waals surface area contributed by atoms with Crippen molar-refractivity contribution in [3.63, 3.8) is 0 Å². The number of amides is 3. The van der Waals surface area contributed by atoms with Crippen molar-refractivity contribution >= 4 is 17.6 Å². The number of urea groups is 1.